The third-order valence-corrected chi connectivity index (χ3v) is 2.94. The Kier molecular flexibility index (Phi) is 3.23. The van der Waals surface area contributed by atoms with Crippen LogP contribution in [0, 0.1) is 19.3 Å². The van der Waals surface area contributed by atoms with Crippen LogP contribution in [0.15, 0.2) is 30.5 Å². The van der Waals surface area contributed by atoms with E-state index in [0.29, 0.717) is 6.61 Å². The molecule has 16 heavy (non-hydrogen) atoms. The molecule has 2 nitrogen and oxygen atoms in total. The van der Waals surface area contributed by atoms with E-state index in [-0.39, 0.29) is 0 Å². The average molecular weight is 229 g/mol. The van der Waals surface area contributed by atoms with Crippen LogP contribution in [-0.4, -0.2) is 4.98 Å². The van der Waals surface area contributed by atoms with E-state index in [0.717, 1.165) is 21.2 Å². The van der Waals surface area contributed by atoms with Crippen molar-refractivity contribution < 1.29 is 4.74 Å². The molecule has 3 heteroatoms. The van der Waals surface area contributed by atoms with Crippen molar-refractivity contribution in [1.82, 2.24) is 4.98 Å². The second-order valence-corrected chi connectivity index (χ2v) is 4.63. The highest BCUT2D eigenvalue weighted by Crippen LogP contribution is 2.17. The molecule has 0 spiro atoms. The number of hydrogen-bond donors (Lipinski definition) is 0. The van der Waals surface area contributed by atoms with Gasteiger partial charge in [0.15, 0.2) is 0 Å². The van der Waals surface area contributed by atoms with Crippen LogP contribution in [0.4, 0.5) is 0 Å². The van der Waals surface area contributed by atoms with Gasteiger partial charge in [0.05, 0.1) is 9.88 Å². The van der Waals surface area contributed by atoms with Gasteiger partial charge in [0.1, 0.15) is 12.4 Å². The van der Waals surface area contributed by atoms with Crippen molar-refractivity contribution in [3.05, 3.63) is 45.9 Å². The van der Waals surface area contributed by atoms with Gasteiger partial charge in [-0.1, -0.05) is 12.0 Å². The lowest BCUT2D eigenvalue weighted by atomic mass is 10.2. The summed E-state index contributed by atoms with van der Waals surface area (Å²) < 4.78 is 5.62. The predicted molar refractivity (Wildman–Crippen MR) is 65.6 cm³/mol. The highest BCUT2D eigenvalue weighted by Gasteiger charge is 2.00. The molecule has 80 valence electrons. The standard InChI is InChI=1S/C13H11NOS/c1-3-11-5-4-6-12(7-11)15-9-13-8-14-10(2)16-13/h1,4-8H,9H2,2H3. The van der Waals surface area contributed by atoms with E-state index in [9.17, 15) is 0 Å². The largest absolute Gasteiger partial charge is 0.488 e. The van der Waals surface area contributed by atoms with Gasteiger partial charge in [-0.05, 0) is 25.1 Å². The second kappa shape index (κ2) is 4.82. The summed E-state index contributed by atoms with van der Waals surface area (Å²) in [5, 5.41) is 1.05. The molecule has 0 fully saturated rings. The van der Waals surface area contributed by atoms with Crippen LogP contribution >= 0.6 is 11.3 Å². The Bertz CT molecular complexity index is 525. The molecular weight excluding hydrogens is 218 g/mol. The SMILES string of the molecule is C#Cc1cccc(OCc2cnc(C)s2)c1. The van der Waals surface area contributed by atoms with Gasteiger partial charge in [-0.3, -0.25) is 0 Å². The summed E-state index contributed by atoms with van der Waals surface area (Å²) in [4.78, 5) is 5.28. The molecule has 0 N–H and O–H groups in total. The maximum atomic E-state index is 5.62. The summed E-state index contributed by atoms with van der Waals surface area (Å²) in [6, 6.07) is 7.52. The lowest BCUT2D eigenvalue weighted by molar-refractivity contribution is 0.309. The van der Waals surface area contributed by atoms with Crippen LogP contribution in [0.2, 0.25) is 0 Å². The normalized spacial score (nSPS) is 9.75. The number of nitrogens with zero attached hydrogens (tertiary/aromatic N) is 1. The number of aryl methyl sites for hydroxylation is 1. The Balaban J connectivity index is 2.02. The average Bonchev–Trinajstić information content (AvgIpc) is 2.73. The first kappa shape index (κ1) is 10.7. The fourth-order valence-corrected chi connectivity index (χ4v) is 2.01. The molecule has 2 aromatic rings. The van der Waals surface area contributed by atoms with E-state index in [1.807, 2.05) is 37.4 Å². The molecule has 0 saturated heterocycles. The van der Waals surface area contributed by atoms with E-state index in [4.69, 9.17) is 11.2 Å². The van der Waals surface area contributed by atoms with Crippen molar-refractivity contribution in [3.63, 3.8) is 0 Å². The maximum absolute atomic E-state index is 5.62. The maximum Gasteiger partial charge on any atom is 0.124 e. The first-order valence-corrected chi connectivity index (χ1v) is 5.70. The van der Waals surface area contributed by atoms with Gasteiger partial charge in [0.25, 0.3) is 0 Å². The molecule has 0 aliphatic rings. The molecule has 0 unspecified atom stereocenters. The highest BCUT2D eigenvalue weighted by atomic mass is 32.1. The van der Waals surface area contributed by atoms with E-state index >= 15 is 0 Å². The van der Waals surface area contributed by atoms with Gasteiger partial charge in [0, 0.05) is 11.8 Å². The molecule has 0 aliphatic carbocycles. The lowest BCUT2D eigenvalue weighted by Gasteiger charge is -2.04. The van der Waals surface area contributed by atoms with Crippen LogP contribution < -0.4 is 4.74 Å². The smallest absolute Gasteiger partial charge is 0.124 e. The molecule has 1 aromatic carbocycles. The third kappa shape index (κ3) is 2.62. The Morgan fingerprint density at radius 1 is 1.50 bits per heavy atom. The van der Waals surface area contributed by atoms with Crippen LogP contribution in [0.5, 0.6) is 5.75 Å². The molecule has 2 rings (SSSR count). The molecule has 0 atom stereocenters. The van der Waals surface area contributed by atoms with Crippen LogP contribution in [0.25, 0.3) is 0 Å². The summed E-state index contributed by atoms with van der Waals surface area (Å²) in [5.74, 6) is 3.37. The number of hydrogen-bond acceptors (Lipinski definition) is 3. The summed E-state index contributed by atoms with van der Waals surface area (Å²) in [7, 11) is 0. The molecule has 0 amide bonds. The van der Waals surface area contributed by atoms with Gasteiger partial charge < -0.3 is 4.74 Å². The van der Waals surface area contributed by atoms with Crippen LogP contribution in [-0.2, 0) is 6.61 Å². The highest BCUT2D eigenvalue weighted by molar-refractivity contribution is 7.11. The van der Waals surface area contributed by atoms with Crippen molar-refractivity contribution in [2.75, 3.05) is 0 Å². The van der Waals surface area contributed by atoms with Crippen LogP contribution in [0.3, 0.4) is 0 Å². The fourth-order valence-electron chi connectivity index (χ4n) is 1.30. The fraction of sp³-hybridized carbons (Fsp3) is 0.154. The summed E-state index contributed by atoms with van der Waals surface area (Å²) in [5.41, 5.74) is 0.831. The minimum Gasteiger partial charge on any atom is -0.488 e. The number of aromatic nitrogens is 1. The molecule has 0 radical (unpaired) electrons. The molecule has 1 heterocycles. The molecular formula is C13H11NOS. The van der Waals surface area contributed by atoms with Crippen molar-refractivity contribution >= 4 is 11.3 Å². The Labute approximate surface area is 98.9 Å². The van der Waals surface area contributed by atoms with E-state index in [2.05, 4.69) is 10.9 Å². The zero-order chi connectivity index (χ0) is 11.4. The molecule has 1 aromatic heterocycles. The topological polar surface area (TPSA) is 22.1 Å². The Hall–Kier alpha value is -1.79. The van der Waals surface area contributed by atoms with Crippen molar-refractivity contribution in [2.24, 2.45) is 0 Å². The van der Waals surface area contributed by atoms with Gasteiger partial charge in [-0.2, -0.15) is 0 Å². The van der Waals surface area contributed by atoms with Crippen LogP contribution in [0.1, 0.15) is 15.4 Å². The second-order valence-electron chi connectivity index (χ2n) is 3.31. The van der Waals surface area contributed by atoms with E-state index in [1.165, 1.54) is 0 Å². The number of thiazole rings is 1. The number of benzene rings is 1. The summed E-state index contributed by atoms with van der Waals surface area (Å²) in [6.07, 6.45) is 7.15. The van der Waals surface area contributed by atoms with E-state index in [1.54, 1.807) is 11.3 Å². The number of rotatable bonds is 3. The minimum absolute atomic E-state index is 0.541. The monoisotopic (exact) mass is 229 g/mol. The molecule has 0 bridgehead atoms. The quantitative estimate of drug-likeness (QED) is 0.755. The van der Waals surface area contributed by atoms with E-state index < -0.39 is 0 Å². The minimum atomic E-state index is 0.541. The van der Waals surface area contributed by atoms with Gasteiger partial charge in [-0.15, -0.1) is 17.8 Å². The van der Waals surface area contributed by atoms with Crippen molar-refractivity contribution in [1.29, 1.82) is 0 Å². The van der Waals surface area contributed by atoms with Gasteiger partial charge in [0.2, 0.25) is 0 Å². The predicted octanol–water partition coefficient (Wildman–Crippen LogP) is 3.01. The lowest BCUT2D eigenvalue weighted by Crippen LogP contribution is -1.92. The molecule has 0 saturated carbocycles. The third-order valence-electron chi connectivity index (χ3n) is 2.05. The first-order chi connectivity index (χ1) is 7.78. The number of terminal acetylenes is 1. The first-order valence-electron chi connectivity index (χ1n) is 4.89. The van der Waals surface area contributed by atoms with Gasteiger partial charge in [-0.25, -0.2) is 4.98 Å². The van der Waals surface area contributed by atoms with Crippen molar-refractivity contribution in [2.45, 2.75) is 13.5 Å². The van der Waals surface area contributed by atoms with Crippen molar-refractivity contribution in [3.8, 4) is 18.1 Å². The zero-order valence-electron chi connectivity index (χ0n) is 8.93. The Morgan fingerprint density at radius 2 is 2.38 bits per heavy atom. The summed E-state index contributed by atoms with van der Waals surface area (Å²) >= 11 is 1.64. The van der Waals surface area contributed by atoms with Gasteiger partial charge >= 0.3 is 0 Å². The zero-order valence-corrected chi connectivity index (χ0v) is 9.75. The summed E-state index contributed by atoms with van der Waals surface area (Å²) in [6.45, 7) is 2.52. The Morgan fingerprint density at radius 3 is 3.06 bits per heavy atom. The molecule has 0 aliphatic heterocycles. The number of ether oxygens (including phenoxy) is 1.